The summed E-state index contributed by atoms with van der Waals surface area (Å²) in [5.74, 6) is 0. The number of anilines is 1. The van der Waals surface area contributed by atoms with E-state index in [9.17, 15) is 9.18 Å². The molecule has 2 amide bonds. The van der Waals surface area contributed by atoms with E-state index in [0.29, 0.717) is 24.3 Å². The minimum absolute atomic E-state index is 0.123. The van der Waals surface area contributed by atoms with Crippen molar-refractivity contribution in [2.45, 2.75) is 6.67 Å². The van der Waals surface area contributed by atoms with Crippen LogP contribution >= 0.6 is 0 Å². The predicted octanol–water partition coefficient (Wildman–Crippen LogP) is 1.59. The molecule has 0 radical (unpaired) electrons. The number of rotatable bonds is 2. The molecule has 1 heterocycles. The molecule has 0 aliphatic carbocycles. The summed E-state index contributed by atoms with van der Waals surface area (Å²) in [6, 6.07) is 6.73. The molecule has 2 N–H and O–H groups in total. The van der Waals surface area contributed by atoms with Crippen LogP contribution in [-0.2, 0) is 6.67 Å². The van der Waals surface area contributed by atoms with E-state index in [-0.39, 0.29) is 6.03 Å². The maximum absolute atomic E-state index is 12.5. The highest BCUT2D eigenvalue weighted by molar-refractivity contribution is 5.89. The molecule has 0 saturated carbocycles. The number of carbonyl (C=O) groups is 1. The first-order valence-corrected chi connectivity index (χ1v) is 5.71. The Kier molecular flexibility index (Phi) is 3.93. The Morgan fingerprint density at radius 3 is 2.88 bits per heavy atom. The smallest absolute Gasteiger partial charge is 0.321 e. The lowest BCUT2D eigenvalue weighted by Gasteiger charge is -2.27. The number of halogens is 1. The number of alkyl halides is 1. The van der Waals surface area contributed by atoms with Crippen molar-refractivity contribution in [1.29, 1.82) is 0 Å². The van der Waals surface area contributed by atoms with E-state index in [0.717, 1.165) is 13.1 Å². The molecule has 17 heavy (non-hydrogen) atoms. The van der Waals surface area contributed by atoms with Crippen molar-refractivity contribution >= 4 is 11.7 Å². The van der Waals surface area contributed by atoms with Crippen molar-refractivity contribution in [2.75, 3.05) is 31.5 Å². The fourth-order valence-electron chi connectivity index (χ4n) is 1.80. The van der Waals surface area contributed by atoms with Crippen LogP contribution < -0.4 is 10.6 Å². The van der Waals surface area contributed by atoms with E-state index < -0.39 is 6.67 Å². The second-order valence-electron chi connectivity index (χ2n) is 4.00. The molecule has 1 saturated heterocycles. The van der Waals surface area contributed by atoms with Gasteiger partial charge in [0.2, 0.25) is 0 Å². The summed E-state index contributed by atoms with van der Waals surface area (Å²) in [6.45, 7) is 2.52. The van der Waals surface area contributed by atoms with Gasteiger partial charge < -0.3 is 15.5 Å². The van der Waals surface area contributed by atoms with E-state index in [2.05, 4.69) is 10.6 Å². The monoisotopic (exact) mass is 237 g/mol. The SMILES string of the molecule is O=C(Nc1cccc(CF)c1)N1CCNCC1. The summed E-state index contributed by atoms with van der Waals surface area (Å²) in [5, 5.41) is 5.96. The molecule has 1 aliphatic rings. The van der Waals surface area contributed by atoms with Crippen molar-refractivity contribution in [3.05, 3.63) is 29.8 Å². The van der Waals surface area contributed by atoms with E-state index in [4.69, 9.17) is 0 Å². The van der Waals surface area contributed by atoms with Crippen LogP contribution in [0.15, 0.2) is 24.3 Å². The molecule has 4 nitrogen and oxygen atoms in total. The van der Waals surface area contributed by atoms with Crippen LogP contribution in [0.3, 0.4) is 0 Å². The largest absolute Gasteiger partial charge is 0.322 e. The molecule has 0 aromatic heterocycles. The molecule has 0 unspecified atom stereocenters. The number of benzene rings is 1. The Morgan fingerprint density at radius 2 is 2.18 bits per heavy atom. The molecule has 92 valence electrons. The van der Waals surface area contributed by atoms with Crippen molar-refractivity contribution in [3.8, 4) is 0 Å². The molecule has 1 aromatic rings. The number of amides is 2. The molecule has 1 fully saturated rings. The molecule has 1 aliphatic heterocycles. The van der Waals surface area contributed by atoms with Gasteiger partial charge in [-0.15, -0.1) is 0 Å². The average molecular weight is 237 g/mol. The van der Waals surface area contributed by atoms with Crippen molar-refractivity contribution in [3.63, 3.8) is 0 Å². The Hall–Kier alpha value is -1.62. The molecule has 5 heteroatoms. The van der Waals surface area contributed by atoms with Gasteiger partial charge in [0.05, 0.1) is 0 Å². The Labute approximate surface area is 99.8 Å². The summed E-state index contributed by atoms with van der Waals surface area (Å²) in [7, 11) is 0. The minimum atomic E-state index is -0.517. The highest BCUT2D eigenvalue weighted by atomic mass is 19.1. The maximum Gasteiger partial charge on any atom is 0.321 e. The van der Waals surface area contributed by atoms with Crippen LogP contribution in [0.2, 0.25) is 0 Å². The van der Waals surface area contributed by atoms with Crippen LogP contribution in [0.25, 0.3) is 0 Å². The Morgan fingerprint density at radius 1 is 1.41 bits per heavy atom. The lowest BCUT2D eigenvalue weighted by atomic mass is 10.2. The number of piperazine rings is 1. The lowest BCUT2D eigenvalue weighted by Crippen LogP contribution is -2.48. The summed E-state index contributed by atoms with van der Waals surface area (Å²) >= 11 is 0. The van der Waals surface area contributed by atoms with Crippen LogP contribution in [0.5, 0.6) is 0 Å². The number of nitrogens with zero attached hydrogens (tertiary/aromatic N) is 1. The van der Waals surface area contributed by atoms with Gasteiger partial charge in [0.15, 0.2) is 0 Å². The third-order valence-corrected chi connectivity index (χ3v) is 2.74. The number of hydrogen-bond donors (Lipinski definition) is 2. The third kappa shape index (κ3) is 3.17. The number of carbonyl (C=O) groups excluding carboxylic acids is 1. The topological polar surface area (TPSA) is 44.4 Å². The maximum atomic E-state index is 12.5. The normalized spacial score (nSPS) is 15.7. The highest BCUT2D eigenvalue weighted by Gasteiger charge is 2.15. The zero-order valence-corrected chi connectivity index (χ0v) is 9.58. The van der Waals surface area contributed by atoms with Crippen LogP contribution in [-0.4, -0.2) is 37.1 Å². The van der Waals surface area contributed by atoms with Gasteiger partial charge in [-0.2, -0.15) is 0 Å². The van der Waals surface area contributed by atoms with Gasteiger partial charge in [0, 0.05) is 31.9 Å². The second-order valence-corrected chi connectivity index (χ2v) is 4.00. The summed E-state index contributed by atoms with van der Waals surface area (Å²) < 4.78 is 12.5. The fraction of sp³-hybridized carbons (Fsp3) is 0.417. The first-order chi connectivity index (χ1) is 8.29. The zero-order chi connectivity index (χ0) is 12.1. The Balaban J connectivity index is 1.96. The first-order valence-electron chi connectivity index (χ1n) is 5.71. The van der Waals surface area contributed by atoms with Crippen molar-refractivity contribution < 1.29 is 9.18 Å². The van der Waals surface area contributed by atoms with Gasteiger partial charge in [0.25, 0.3) is 0 Å². The molecule has 1 aromatic carbocycles. The molecular formula is C12H16FN3O. The standard InChI is InChI=1S/C12H16FN3O/c13-9-10-2-1-3-11(8-10)15-12(17)16-6-4-14-5-7-16/h1-3,8,14H,4-7,9H2,(H,15,17). The predicted molar refractivity (Wildman–Crippen MR) is 64.7 cm³/mol. The second kappa shape index (κ2) is 5.63. The zero-order valence-electron chi connectivity index (χ0n) is 9.58. The first kappa shape index (κ1) is 11.9. The quantitative estimate of drug-likeness (QED) is 0.820. The van der Waals surface area contributed by atoms with Gasteiger partial charge in [-0.1, -0.05) is 12.1 Å². The Bertz CT molecular complexity index is 391. The van der Waals surface area contributed by atoms with Gasteiger partial charge in [-0.3, -0.25) is 0 Å². The van der Waals surface area contributed by atoms with Gasteiger partial charge >= 0.3 is 6.03 Å². The van der Waals surface area contributed by atoms with E-state index >= 15 is 0 Å². The molecule has 0 bridgehead atoms. The van der Waals surface area contributed by atoms with E-state index in [1.54, 1.807) is 29.2 Å². The lowest BCUT2D eigenvalue weighted by molar-refractivity contribution is 0.204. The van der Waals surface area contributed by atoms with Crippen LogP contribution in [0.1, 0.15) is 5.56 Å². The van der Waals surface area contributed by atoms with Crippen molar-refractivity contribution in [1.82, 2.24) is 10.2 Å². The van der Waals surface area contributed by atoms with Gasteiger partial charge in [0.1, 0.15) is 6.67 Å². The van der Waals surface area contributed by atoms with Crippen molar-refractivity contribution in [2.24, 2.45) is 0 Å². The number of hydrogen-bond acceptors (Lipinski definition) is 2. The summed E-state index contributed by atoms with van der Waals surface area (Å²) in [5.41, 5.74) is 1.21. The summed E-state index contributed by atoms with van der Waals surface area (Å²) in [6.07, 6.45) is 0. The van der Waals surface area contributed by atoms with Gasteiger partial charge in [-0.25, -0.2) is 9.18 Å². The van der Waals surface area contributed by atoms with Crippen LogP contribution in [0.4, 0.5) is 14.9 Å². The molecule has 0 atom stereocenters. The minimum Gasteiger partial charge on any atom is -0.322 e. The fourth-order valence-corrected chi connectivity index (χ4v) is 1.80. The number of urea groups is 1. The highest BCUT2D eigenvalue weighted by Crippen LogP contribution is 2.12. The van der Waals surface area contributed by atoms with Gasteiger partial charge in [-0.05, 0) is 17.7 Å². The number of nitrogens with one attached hydrogen (secondary N) is 2. The van der Waals surface area contributed by atoms with Crippen LogP contribution in [0, 0.1) is 0 Å². The summed E-state index contributed by atoms with van der Waals surface area (Å²) in [4.78, 5) is 13.6. The molecule has 2 rings (SSSR count). The molecular weight excluding hydrogens is 221 g/mol. The van der Waals surface area contributed by atoms with E-state index in [1.165, 1.54) is 0 Å². The molecule has 0 spiro atoms. The third-order valence-electron chi connectivity index (χ3n) is 2.74. The van der Waals surface area contributed by atoms with E-state index in [1.807, 2.05) is 0 Å². The average Bonchev–Trinajstić information content (AvgIpc) is 2.40.